The molecule has 0 atom stereocenters. The summed E-state index contributed by atoms with van der Waals surface area (Å²) in [5, 5.41) is 3.74. The zero-order chi connectivity index (χ0) is 9.14. The summed E-state index contributed by atoms with van der Waals surface area (Å²) in [6.45, 7) is 0. The number of ketones is 1. The van der Waals surface area contributed by atoms with Crippen LogP contribution in [0.4, 0.5) is 0 Å². The van der Waals surface area contributed by atoms with E-state index in [0.717, 1.165) is 7.11 Å². The normalized spacial score (nSPS) is 9.50. The van der Waals surface area contributed by atoms with Gasteiger partial charge in [-0.05, 0) is 0 Å². The van der Waals surface area contributed by atoms with Crippen LogP contribution in [0.15, 0.2) is 12.4 Å². The average molecular weight is 168 g/mol. The summed E-state index contributed by atoms with van der Waals surface area (Å²) in [7, 11) is 2.82. The number of aromatic nitrogens is 2. The average Bonchev–Trinajstić information content (AvgIpc) is 2.49. The molecule has 0 aromatic carbocycles. The smallest absolute Gasteiger partial charge is 0.379 e. The molecule has 0 bridgehead atoms. The van der Waals surface area contributed by atoms with Crippen molar-refractivity contribution in [3.05, 3.63) is 18.0 Å². The van der Waals surface area contributed by atoms with Gasteiger partial charge in [0.1, 0.15) is 0 Å². The van der Waals surface area contributed by atoms with Gasteiger partial charge in [0.2, 0.25) is 0 Å². The Morgan fingerprint density at radius 1 is 1.58 bits per heavy atom. The molecule has 5 nitrogen and oxygen atoms in total. The Balaban J connectivity index is 2.85. The Morgan fingerprint density at radius 2 is 2.25 bits per heavy atom. The fourth-order valence-corrected chi connectivity index (χ4v) is 0.749. The van der Waals surface area contributed by atoms with E-state index >= 15 is 0 Å². The van der Waals surface area contributed by atoms with Crippen molar-refractivity contribution in [2.75, 3.05) is 7.11 Å². The van der Waals surface area contributed by atoms with E-state index in [2.05, 4.69) is 9.84 Å². The SMILES string of the molecule is COC(=O)C(=O)c1cnn(C)c1. The van der Waals surface area contributed by atoms with Crippen molar-refractivity contribution < 1.29 is 14.3 Å². The van der Waals surface area contributed by atoms with Gasteiger partial charge in [-0.3, -0.25) is 9.48 Å². The van der Waals surface area contributed by atoms with Gasteiger partial charge in [0.05, 0.1) is 18.9 Å². The van der Waals surface area contributed by atoms with E-state index in [4.69, 9.17) is 0 Å². The quantitative estimate of drug-likeness (QED) is 0.348. The summed E-state index contributed by atoms with van der Waals surface area (Å²) in [6, 6.07) is 0. The first-order valence-electron chi connectivity index (χ1n) is 3.26. The van der Waals surface area contributed by atoms with E-state index in [1.807, 2.05) is 0 Å². The van der Waals surface area contributed by atoms with Gasteiger partial charge in [-0.15, -0.1) is 0 Å². The zero-order valence-electron chi connectivity index (χ0n) is 6.77. The molecule has 0 fully saturated rings. The van der Waals surface area contributed by atoms with E-state index in [1.54, 1.807) is 7.05 Å². The van der Waals surface area contributed by atoms with Crippen LogP contribution in [0.5, 0.6) is 0 Å². The maximum Gasteiger partial charge on any atom is 0.379 e. The fraction of sp³-hybridized carbons (Fsp3) is 0.286. The molecule has 0 aliphatic heterocycles. The van der Waals surface area contributed by atoms with Gasteiger partial charge in [-0.2, -0.15) is 5.10 Å². The fourth-order valence-electron chi connectivity index (χ4n) is 0.749. The number of hydrogen-bond donors (Lipinski definition) is 0. The van der Waals surface area contributed by atoms with E-state index in [-0.39, 0.29) is 5.56 Å². The van der Waals surface area contributed by atoms with Gasteiger partial charge in [0.25, 0.3) is 5.78 Å². The topological polar surface area (TPSA) is 61.2 Å². The third-order valence-corrected chi connectivity index (χ3v) is 1.34. The van der Waals surface area contributed by atoms with Crippen molar-refractivity contribution >= 4 is 11.8 Å². The minimum Gasteiger partial charge on any atom is -0.463 e. The second-order valence-corrected chi connectivity index (χ2v) is 2.22. The highest BCUT2D eigenvalue weighted by molar-refractivity contribution is 6.40. The first kappa shape index (κ1) is 8.45. The Kier molecular flexibility index (Phi) is 2.23. The molecule has 0 spiro atoms. The van der Waals surface area contributed by atoms with Crippen LogP contribution in [0.25, 0.3) is 0 Å². The van der Waals surface area contributed by atoms with Gasteiger partial charge in [-0.1, -0.05) is 0 Å². The van der Waals surface area contributed by atoms with Crippen molar-refractivity contribution in [3.8, 4) is 0 Å². The highest BCUT2D eigenvalue weighted by Gasteiger charge is 2.17. The Morgan fingerprint density at radius 3 is 2.67 bits per heavy atom. The zero-order valence-corrected chi connectivity index (χ0v) is 6.77. The van der Waals surface area contributed by atoms with Crippen LogP contribution in [-0.4, -0.2) is 28.6 Å². The van der Waals surface area contributed by atoms with Crippen molar-refractivity contribution in [2.45, 2.75) is 0 Å². The molecule has 1 rings (SSSR count). The predicted octanol–water partition coefficient (Wildman–Crippen LogP) is -0.224. The molecule has 64 valence electrons. The lowest BCUT2D eigenvalue weighted by atomic mass is 10.2. The van der Waals surface area contributed by atoms with E-state index in [9.17, 15) is 9.59 Å². The number of esters is 1. The van der Waals surface area contributed by atoms with E-state index < -0.39 is 11.8 Å². The third kappa shape index (κ3) is 1.50. The number of nitrogens with zero attached hydrogens (tertiary/aromatic N) is 2. The van der Waals surface area contributed by atoms with Crippen LogP contribution >= 0.6 is 0 Å². The molecule has 0 radical (unpaired) electrons. The number of methoxy groups -OCH3 is 1. The standard InChI is InChI=1S/C7H8N2O3/c1-9-4-5(3-8-9)6(10)7(11)12-2/h3-4H,1-2H3. The van der Waals surface area contributed by atoms with Crippen molar-refractivity contribution in [3.63, 3.8) is 0 Å². The van der Waals surface area contributed by atoms with Gasteiger partial charge < -0.3 is 4.74 Å². The number of rotatable bonds is 2. The molecule has 1 heterocycles. The van der Waals surface area contributed by atoms with Crippen LogP contribution in [0.3, 0.4) is 0 Å². The number of aryl methyl sites for hydroxylation is 1. The van der Waals surface area contributed by atoms with Gasteiger partial charge in [0.15, 0.2) is 0 Å². The molecular formula is C7H8N2O3. The number of Topliss-reactive ketones (excluding diaryl/α,β-unsaturated/α-hetero) is 1. The molecular weight excluding hydrogens is 160 g/mol. The summed E-state index contributed by atoms with van der Waals surface area (Å²) in [5.74, 6) is -1.55. The lowest BCUT2D eigenvalue weighted by Crippen LogP contribution is -2.14. The van der Waals surface area contributed by atoms with Crippen LogP contribution in [0, 0.1) is 0 Å². The summed E-state index contributed by atoms with van der Waals surface area (Å²) >= 11 is 0. The number of carbonyl (C=O) groups excluding carboxylic acids is 2. The molecule has 12 heavy (non-hydrogen) atoms. The third-order valence-electron chi connectivity index (χ3n) is 1.34. The Hall–Kier alpha value is -1.65. The molecule has 1 aromatic heterocycles. The molecule has 0 amide bonds. The monoisotopic (exact) mass is 168 g/mol. The molecule has 0 aliphatic carbocycles. The molecule has 0 saturated carbocycles. The Bertz CT molecular complexity index is 316. The summed E-state index contributed by atoms with van der Waals surface area (Å²) < 4.78 is 5.69. The van der Waals surface area contributed by atoms with Crippen LogP contribution < -0.4 is 0 Å². The highest BCUT2D eigenvalue weighted by Crippen LogP contribution is 1.98. The lowest BCUT2D eigenvalue weighted by Gasteiger charge is -1.92. The van der Waals surface area contributed by atoms with Gasteiger partial charge >= 0.3 is 5.97 Å². The first-order chi connectivity index (χ1) is 5.65. The summed E-state index contributed by atoms with van der Waals surface area (Å²) in [6.07, 6.45) is 2.78. The number of hydrogen-bond acceptors (Lipinski definition) is 4. The summed E-state index contributed by atoms with van der Waals surface area (Å²) in [5.41, 5.74) is 0.240. The van der Waals surface area contributed by atoms with E-state index in [1.165, 1.54) is 17.1 Å². The van der Waals surface area contributed by atoms with Crippen LogP contribution in [0.2, 0.25) is 0 Å². The molecule has 1 aromatic rings. The molecule has 0 aliphatic rings. The second-order valence-electron chi connectivity index (χ2n) is 2.22. The second kappa shape index (κ2) is 3.17. The van der Waals surface area contributed by atoms with Crippen molar-refractivity contribution in [2.24, 2.45) is 7.05 Å². The molecule has 0 N–H and O–H groups in total. The molecule has 0 saturated heterocycles. The number of carbonyl (C=O) groups is 2. The predicted molar refractivity (Wildman–Crippen MR) is 39.6 cm³/mol. The minimum atomic E-state index is -0.872. The van der Waals surface area contributed by atoms with E-state index in [0.29, 0.717) is 0 Å². The Labute approximate surface area is 68.9 Å². The van der Waals surface area contributed by atoms with Crippen molar-refractivity contribution in [1.82, 2.24) is 9.78 Å². The maximum absolute atomic E-state index is 11.1. The summed E-state index contributed by atoms with van der Waals surface area (Å²) in [4.78, 5) is 21.8. The van der Waals surface area contributed by atoms with Crippen LogP contribution in [-0.2, 0) is 16.6 Å². The first-order valence-corrected chi connectivity index (χ1v) is 3.26. The molecule has 0 unspecified atom stereocenters. The van der Waals surface area contributed by atoms with Crippen LogP contribution in [0.1, 0.15) is 10.4 Å². The van der Waals surface area contributed by atoms with Crippen molar-refractivity contribution in [1.29, 1.82) is 0 Å². The highest BCUT2D eigenvalue weighted by atomic mass is 16.5. The van der Waals surface area contributed by atoms with Gasteiger partial charge in [-0.25, -0.2) is 4.79 Å². The minimum absolute atomic E-state index is 0.240. The largest absolute Gasteiger partial charge is 0.463 e. The maximum atomic E-state index is 11.1. The molecule has 5 heteroatoms. The lowest BCUT2D eigenvalue weighted by molar-refractivity contribution is -0.135. The van der Waals surface area contributed by atoms with Gasteiger partial charge in [0, 0.05) is 13.2 Å². The number of ether oxygens (including phenoxy) is 1.